The molecular formula is C26H23F3N5O3+. The van der Waals surface area contributed by atoms with Crippen molar-refractivity contribution in [2.45, 2.75) is 12.7 Å². The fraction of sp³-hybridized carbons (Fsp3) is 0.269. The maximum Gasteiger partial charge on any atom is 0.433 e. The quantitative estimate of drug-likeness (QED) is 0.457. The number of rotatable bonds is 4. The molecule has 4 aromatic rings. The Hall–Kier alpha value is -4.12. The van der Waals surface area contributed by atoms with Gasteiger partial charge in [-0.1, -0.05) is 30.3 Å². The van der Waals surface area contributed by atoms with Gasteiger partial charge in [-0.05, 0) is 24.3 Å². The number of carbonyl (C=O) groups excluding carboxylic acids is 1. The fourth-order valence-electron chi connectivity index (χ4n) is 4.78. The summed E-state index contributed by atoms with van der Waals surface area (Å²) in [5.41, 5.74) is 0.590. The lowest BCUT2D eigenvalue weighted by molar-refractivity contribution is -0.917. The van der Waals surface area contributed by atoms with Crippen LogP contribution >= 0.6 is 0 Å². The molecule has 0 spiro atoms. The highest BCUT2D eigenvalue weighted by atomic mass is 19.4. The van der Waals surface area contributed by atoms with Crippen molar-refractivity contribution < 1.29 is 32.3 Å². The summed E-state index contributed by atoms with van der Waals surface area (Å²) in [6, 6.07) is 15.9. The summed E-state index contributed by atoms with van der Waals surface area (Å²) in [6.07, 6.45) is -3.53. The van der Waals surface area contributed by atoms with Crippen LogP contribution in [-0.2, 0) is 12.7 Å². The Labute approximate surface area is 209 Å². The van der Waals surface area contributed by atoms with Gasteiger partial charge in [-0.25, -0.2) is 9.50 Å². The molecule has 0 aliphatic carbocycles. The third-order valence-electron chi connectivity index (χ3n) is 6.72. The lowest BCUT2D eigenvalue weighted by atomic mass is 10.1. The number of carbonyl (C=O) groups is 1. The number of amides is 1. The topological polar surface area (TPSA) is 73.4 Å². The zero-order valence-electron chi connectivity index (χ0n) is 19.7. The number of benzene rings is 2. The predicted molar refractivity (Wildman–Crippen MR) is 126 cm³/mol. The monoisotopic (exact) mass is 510 g/mol. The number of quaternary nitrogens is 1. The van der Waals surface area contributed by atoms with Crippen LogP contribution in [0.15, 0.2) is 60.8 Å². The van der Waals surface area contributed by atoms with E-state index >= 15 is 0 Å². The van der Waals surface area contributed by atoms with Gasteiger partial charge in [0.1, 0.15) is 12.1 Å². The lowest BCUT2D eigenvalue weighted by Crippen LogP contribution is -3.13. The van der Waals surface area contributed by atoms with Crippen LogP contribution in [0.4, 0.5) is 13.2 Å². The van der Waals surface area contributed by atoms with Gasteiger partial charge < -0.3 is 19.3 Å². The van der Waals surface area contributed by atoms with Crippen molar-refractivity contribution in [3.8, 4) is 22.8 Å². The Morgan fingerprint density at radius 1 is 1.00 bits per heavy atom. The first-order valence-electron chi connectivity index (χ1n) is 11.9. The molecule has 4 heterocycles. The molecule has 1 saturated heterocycles. The van der Waals surface area contributed by atoms with Crippen LogP contribution in [0.3, 0.4) is 0 Å². The van der Waals surface area contributed by atoms with Crippen molar-refractivity contribution in [2.24, 2.45) is 0 Å². The Morgan fingerprint density at radius 3 is 2.51 bits per heavy atom. The average molecular weight is 510 g/mol. The third kappa shape index (κ3) is 4.46. The molecule has 37 heavy (non-hydrogen) atoms. The molecule has 6 rings (SSSR count). The second-order valence-corrected chi connectivity index (χ2v) is 9.09. The second kappa shape index (κ2) is 9.07. The smallest absolute Gasteiger partial charge is 0.433 e. The number of aromatic nitrogens is 3. The molecule has 8 nitrogen and oxygen atoms in total. The number of halogens is 3. The van der Waals surface area contributed by atoms with Crippen molar-refractivity contribution >= 4 is 11.6 Å². The van der Waals surface area contributed by atoms with Crippen LogP contribution in [0.25, 0.3) is 16.9 Å². The minimum Gasteiger partial charge on any atom is -0.454 e. The van der Waals surface area contributed by atoms with Gasteiger partial charge in [0.05, 0.1) is 38.1 Å². The predicted octanol–water partition coefficient (Wildman–Crippen LogP) is 2.68. The van der Waals surface area contributed by atoms with Gasteiger partial charge in [0, 0.05) is 11.1 Å². The molecule has 0 atom stereocenters. The Kier molecular flexibility index (Phi) is 5.71. The van der Waals surface area contributed by atoms with Gasteiger partial charge in [0.25, 0.3) is 5.91 Å². The van der Waals surface area contributed by atoms with E-state index in [2.05, 4.69) is 22.2 Å². The molecule has 0 radical (unpaired) electrons. The summed E-state index contributed by atoms with van der Waals surface area (Å²) >= 11 is 0. The summed E-state index contributed by atoms with van der Waals surface area (Å²) in [4.78, 5) is 20.9. The van der Waals surface area contributed by atoms with Crippen LogP contribution in [0.2, 0.25) is 0 Å². The van der Waals surface area contributed by atoms with Crippen LogP contribution in [0.5, 0.6) is 11.5 Å². The molecule has 1 N–H and O–H groups in total. The molecule has 0 unspecified atom stereocenters. The van der Waals surface area contributed by atoms with E-state index in [-0.39, 0.29) is 29.6 Å². The van der Waals surface area contributed by atoms with Gasteiger partial charge >= 0.3 is 6.18 Å². The van der Waals surface area contributed by atoms with Crippen molar-refractivity contribution in [3.63, 3.8) is 0 Å². The maximum atomic E-state index is 14.0. The molecule has 1 fully saturated rings. The van der Waals surface area contributed by atoms with Gasteiger partial charge in [-0.2, -0.15) is 18.3 Å². The zero-order chi connectivity index (χ0) is 25.6. The standard InChI is InChI=1S/C26H22F3N5O3/c27-26(28,29)23-13-20(18-6-7-21-22(12-18)37-16-36-21)31-24-19(14-30-34(23)24)25(35)33-10-8-32(9-11-33)15-17-4-2-1-3-5-17/h1-7,12-14H,8-11,15-16H2/p+1. The highest BCUT2D eigenvalue weighted by Gasteiger charge is 2.37. The van der Waals surface area contributed by atoms with Crippen LogP contribution in [-0.4, -0.2) is 58.4 Å². The van der Waals surface area contributed by atoms with Gasteiger partial charge in [-0.3, -0.25) is 4.79 Å². The fourth-order valence-corrected chi connectivity index (χ4v) is 4.78. The maximum absolute atomic E-state index is 14.0. The number of fused-ring (bicyclic) bond motifs is 2. The second-order valence-electron chi connectivity index (χ2n) is 9.09. The highest BCUT2D eigenvalue weighted by Crippen LogP contribution is 2.37. The minimum absolute atomic E-state index is 0.0413. The minimum atomic E-state index is -4.70. The molecule has 11 heteroatoms. The van der Waals surface area contributed by atoms with Gasteiger partial charge in [-0.15, -0.1) is 0 Å². The summed E-state index contributed by atoms with van der Waals surface area (Å²) in [5, 5.41) is 3.90. The molecule has 190 valence electrons. The molecule has 2 aromatic heterocycles. The van der Waals surface area contributed by atoms with E-state index in [1.165, 1.54) is 16.7 Å². The van der Waals surface area contributed by atoms with Crippen LogP contribution < -0.4 is 14.4 Å². The third-order valence-corrected chi connectivity index (χ3v) is 6.72. The largest absolute Gasteiger partial charge is 0.454 e. The first-order chi connectivity index (χ1) is 17.9. The number of alkyl halides is 3. The van der Waals surface area contributed by atoms with Crippen molar-refractivity contribution in [2.75, 3.05) is 33.0 Å². The summed E-state index contributed by atoms with van der Waals surface area (Å²) in [5.74, 6) is 0.556. The first-order valence-corrected chi connectivity index (χ1v) is 11.9. The number of nitrogens with zero attached hydrogens (tertiary/aromatic N) is 4. The zero-order valence-corrected chi connectivity index (χ0v) is 19.7. The van der Waals surface area contributed by atoms with E-state index in [0.717, 1.165) is 25.7 Å². The Bertz CT molecular complexity index is 1460. The van der Waals surface area contributed by atoms with E-state index in [0.29, 0.717) is 34.7 Å². The highest BCUT2D eigenvalue weighted by molar-refractivity contribution is 6.00. The number of piperazine rings is 1. The number of hydrogen-bond donors (Lipinski definition) is 1. The average Bonchev–Trinajstić information content (AvgIpc) is 3.55. The summed E-state index contributed by atoms with van der Waals surface area (Å²) in [7, 11) is 0. The lowest BCUT2D eigenvalue weighted by Gasteiger charge is -2.32. The van der Waals surface area contributed by atoms with Crippen molar-refractivity contribution in [3.05, 3.63) is 77.6 Å². The van der Waals surface area contributed by atoms with E-state index < -0.39 is 11.9 Å². The summed E-state index contributed by atoms with van der Waals surface area (Å²) < 4.78 is 53.3. The normalized spacial score (nSPS) is 15.9. The van der Waals surface area contributed by atoms with Crippen molar-refractivity contribution in [1.29, 1.82) is 0 Å². The SMILES string of the molecule is O=C(c1cnn2c(C(F)(F)F)cc(-c3ccc4c(c3)OCO4)nc12)N1CC[NH+](Cc2ccccc2)CC1. The van der Waals surface area contributed by atoms with Crippen LogP contribution in [0, 0.1) is 0 Å². The molecule has 2 aliphatic rings. The van der Waals surface area contributed by atoms with E-state index in [4.69, 9.17) is 9.47 Å². The molecular weight excluding hydrogens is 487 g/mol. The molecule has 2 aliphatic heterocycles. The first kappa shape index (κ1) is 23.3. The van der Waals surface area contributed by atoms with E-state index in [9.17, 15) is 18.0 Å². The molecule has 0 saturated carbocycles. The molecule has 0 bridgehead atoms. The molecule has 1 amide bonds. The Morgan fingerprint density at radius 2 is 1.76 bits per heavy atom. The van der Waals surface area contributed by atoms with E-state index in [1.807, 2.05) is 18.2 Å². The molecule has 2 aromatic carbocycles. The summed E-state index contributed by atoms with van der Waals surface area (Å²) in [6.45, 7) is 3.36. The van der Waals surface area contributed by atoms with Crippen LogP contribution in [0.1, 0.15) is 21.6 Å². The van der Waals surface area contributed by atoms with Crippen molar-refractivity contribution in [1.82, 2.24) is 19.5 Å². The van der Waals surface area contributed by atoms with Gasteiger partial charge in [0.2, 0.25) is 6.79 Å². The van der Waals surface area contributed by atoms with E-state index in [1.54, 1.807) is 23.1 Å². The number of nitrogens with one attached hydrogen (secondary N) is 1. The number of hydrogen-bond acceptors (Lipinski definition) is 5. The number of ether oxygens (including phenoxy) is 2. The van der Waals surface area contributed by atoms with Gasteiger partial charge in [0.15, 0.2) is 22.8 Å². The Balaban J connectivity index is 1.30.